The Labute approximate surface area is 160 Å². The number of aromatic hydroxyl groups is 2. The van der Waals surface area contributed by atoms with Crippen molar-refractivity contribution < 1.29 is 29.3 Å². The highest BCUT2D eigenvalue weighted by Gasteiger charge is 2.11. The highest BCUT2D eigenvalue weighted by atomic mass is 16.5. The largest absolute Gasteiger partial charge is 0.504 e. The summed E-state index contributed by atoms with van der Waals surface area (Å²) >= 11 is 0. The van der Waals surface area contributed by atoms with Gasteiger partial charge in [-0.25, -0.2) is 10.9 Å². The summed E-state index contributed by atoms with van der Waals surface area (Å²) in [5, 5.41) is 26.3. The Morgan fingerprint density at radius 2 is 1.21 bits per heavy atom. The Bertz CT molecular complexity index is 851. The summed E-state index contributed by atoms with van der Waals surface area (Å²) in [7, 11) is 2.80. The number of phenolic OH excluding ortho intramolecular Hbond substituents is 2. The lowest BCUT2D eigenvalue weighted by Crippen LogP contribution is -2.35. The maximum atomic E-state index is 11.7. The predicted octanol–water partition coefficient (Wildman–Crippen LogP) is 0.715. The van der Waals surface area contributed by atoms with Crippen molar-refractivity contribution in [2.24, 2.45) is 10.2 Å². The number of hydrogen-bond donors (Lipinski definition) is 4. The number of nitrogens with one attached hydrogen (secondary N) is 2. The van der Waals surface area contributed by atoms with E-state index in [2.05, 4.69) is 10.2 Å². The SMILES string of the molecule is COc1cc(C=NNC(=O)C(=O)NN=Cc2ccc(O)c(OC)c2)ccc1O. The quantitative estimate of drug-likeness (QED) is 0.327. The van der Waals surface area contributed by atoms with E-state index >= 15 is 0 Å². The molecule has 2 aromatic rings. The molecule has 0 fully saturated rings. The van der Waals surface area contributed by atoms with Crippen molar-refractivity contribution in [3.63, 3.8) is 0 Å². The maximum absolute atomic E-state index is 11.7. The lowest BCUT2D eigenvalue weighted by atomic mass is 10.2. The molecular formula is C18H18N4O6. The van der Waals surface area contributed by atoms with E-state index in [1.165, 1.54) is 50.9 Å². The predicted molar refractivity (Wildman–Crippen MR) is 101 cm³/mol. The Morgan fingerprint density at radius 1 is 0.821 bits per heavy atom. The second kappa shape index (κ2) is 9.57. The molecule has 2 rings (SSSR count). The highest BCUT2D eigenvalue weighted by molar-refractivity contribution is 6.35. The molecule has 0 aliphatic carbocycles. The van der Waals surface area contributed by atoms with Crippen LogP contribution in [0.4, 0.5) is 0 Å². The van der Waals surface area contributed by atoms with Crippen LogP contribution in [0, 0.1) is 0 Å². The lowest BCUT2D eigenvalue weighted by molar-refractivity contribution is -0.139. The van der Waals surface area contributed by atoms with Crippen LogP contribution in [-0.4, -0.2) is 48.7 Å². The number of methoxy groups -OCH3 is 2. The lowest BCUT2D eigenvalue weighted by Gasteiger charge is -2.04. The smallest absolute Gasteiger partial charge is 0.331 e. The molecule has 146 valence electrons. The molecule has 0 aliphatic rings. The summed E-state index contributed by atoms with van der Waals surface area (Å²) in [6, 6.07) is 8.90. The molecule has 28 heavy (non-hydrogen) atoms. The zero-order valence-electron chi connectivity index (χ0n) is 15.0. The second-order valence-electron chi connectivity index (χ2n) is 5.26. The third kappa shape index (κ3) is 5.46. The normalized spacial score (nSPS) is 10.8. The summed E-state index contributed by atoms with van der Waals surface area (Å²) in [6.07, 6.45) is 2.55. The molecule has 0 radical (unpaired) electrons. The van der Waals surface area contributed by atoms with Crippen LogP contribution in [-0.2, 0) is 9.59 Å². The molecule has 0 unspecified atom stereocenters. The van der Waals surface area contributed by atoms with Gasteiger partial charge >= 0.3 is 11.8 Å². The minimum atomic E-state index is -1.03. The van der Waals surface area contributed by atoms with Crippen molar-refractivity contribution in [3.8, 4) is 23.0 Å². The highest BCUT2D eigenvalue weighted by Crippen LogP contribution is 2.26. The van der Waals surface area contributed by atoms with Crippen LogP contribution in [0.1, 0.15) is 11.1 Å². The molecule has 0 atom stereocenters. The Hall–Kier alpha value is -4.08. The fourth-order valence-corrected chi connectivity index (χ4v) is 1.98. The van der Waals surface area contributed by atoms with E-state index in [0.717, 1.165) is 0 Å². The summed E-state index contributed by atoms with van der Waals surface area (Å²) < 4.78 is 9.90. The number of nitrogens with zero attached hydrogens (tertiary/aromatic N) is 2. The summed E-state index contributed by atoms with van der Waals surface area (Å²) in [5.74, 6) is -1.63. The molecule has 2 amide bonds. The molecule has 4 N–H and O–H groups in total. The third-order valence-electron chi connectivity index (χ3n) is 3.37. The van der Waals surface area contributed by atoms with Gasteiger partial charge in [0.25, 0.3) is 0 Å². The number of benzene rings is 2. The standard InChI is InChI=1S/C18H18N4O6/c1-27-15-7-11(3-5-13(15)23)9-19-21-17(25)18(26)22-20-10-12-4-6-14(24)16(8-12)28-2/h3-10,23-24H,1-2H3,(H,21,25)(H,22,26). The number of phenols is 2. The van der Waals surface area contributed by atoms with Gasteiger partial charge in [0.2, 0.25) is 0 Å². The van der Waals surface area contributed by atoms with Crippen LogP contribution in [0.2, 0.25) is 0 Å². The van der Waals surface area contributed by atoms with E-state index in [0.29, 0.717) is 11.1 Å². The fourth-order valence-electron chi connectivity index (χ4n) is 1.98. The van der Waals surface area contributed by atoms with E-state index in [1.54, 1.807) is 12.1 Å². The summed E-state index contributed by atoms with van der Waals surface area (Å²) in [6.45, 7) is 0. The third-order valence-corrected chi connectivity index (χ3v) is 3.37. The summed E-state index contributed by atoms with van der Waals surface area (Å²) in [5.41, 5.74) is 5.16. The van der Waals surface area contributed by atoms with Crippen molar-refractivity contribution in [2.75, 3.05) is 14.2 Å². The van der Waals surface area contributed by atoms with Gasteiger partial charge in [0, 0.05) is 0 Å². The van der Waals surface area contributed by atoms with Gasteiger partial charge in [-0.1, -0.05) is 0 Å². The number of hydrogen-bond acceptors (Lipinski definition) is 8. The van der Waals surface area contributed by atoms with Gasteiger partial charge < -0.3 is 19.7 Å². The molecule has 0 aliphatic heterocycles. The zero-order chi connectivity index (χ0) is 20.5. The van der Waals surface area contributed by atoms with Crippen LogP contribution in [0.15, 0.2) is 46.6 Å². The van der Waals surface area contributed by atoms with Crippen molar-refractivity contribution in [1.29, 1.82) is 0 Å². The number of ether oxygens (including phenoxy) is 2. The first-order valence-corrected chi connectivity index (χ1v) is 7.85. The number of carbonyl (C=O) groups excluding carboxylic acids is 2. The van der Waals surface area contributed by atoms with Gasteiger partial charge in [-0.3, -0.25) is 9.59 Å². The van der Waals surface area contributed by atoms with Gasteiger partial charge in [0.15, 0.2) is 23.0 Å². The van der Waals surface area contributed by atoms with Crippen molar-refractivity contribution >= 4 is 24.2 Å². The van der Waals surface area contributed by atoms with E-state index in [4.69, 9.17) is 9.47 Å². The van der Waals surface area contributed by atoms with Gasteiger partial charge in [-0.2, -0.15) is 10.2 Å². The zero-order valence-corrected chi connectivity index (χ0v) is 15.0. The number of rotatable bonds is 6. The number of amides is 2. The molecule has 10 heteroatoms. The van der Waals surface area contributed by atoms with Crippen LogP contribution in [0.3, 0.4) is 0 Å². The average molecular weight is 386 g/mol. The van der Waals surface area contributed by atoms with Gasteiger partial charge in [0.05, 0.1) is 26.6 Å². The minimum absolute atomic E-state index is 0.0350. The van der Waals surface area contributed by atoms with Crippen molar-refractivity contribution in [2.45, 2.75) is 0 Å². The summed E-state index contributed by atoms with van der Waals surface area (Å²) in [4.78, 5) is 23.3. The van der Waals surface area contributed by atoms with Crippen LogP contribution >= 0.6 is 0 Å². The molecule has 0 bridgehead atoms. The first-order valence-electron chi connectivity index (χ1n) is 7.85. The number of carbonyl (C=O) groups is 2. The van der Waals surface area contributed by atoms with Crippen LogP contribution < -0.4 is 20.3 Å². The maximum Gasteiger partial charge on any atom is 0.331 e. The van der Waals surface area contributed by atoms with Crippen LogP contribution in [0.25, 0.3) is 0 Å². The van der Waals surface area contributed by atoms with Gasteiger partial charge in [-0.05, 0) is 47.5 Å². The Kier molecular flexibility index (Phi) is 6.92. The van der Waals surface area contributed by atoms with Gasteiger partial charge in [0.1, 0.15) is 0 Å². The van der Waals surface area contributed by atoms with E-state index in [1.807, 2.05) is 10.9 Å². The molecule has 0 aromatic heterocycles. The first-order chi connectivity index (χ1) is 13.4. The Morgan fingerprint density at radius 3 is 1.57 bits per heavy atom. The monoisotopic (exact) mass is 386 g/mol. The van der Waals surface area contributed by atoms with E-state index < -0.39 is 11.8 Å². The molecule has 0 saturated carbocycles. The fraction of sp³-hybridized carbons (Fsp3) is 0.111. The molecule has 10 nitrogen and oxygen atoms in total. The topological polar surface area (TPSA) is 142 Å². The Balaban J connectivity index is 1.88. The molecule has 0 saturated heterocycles. The second-order valence-corrected chi connectivity index (χ2v) is 5.26. The number of hydrazone groups is 2. The minimum Gasteiger partial charge on any atom is -0.504 e. The molecule has 2 aromatic carbocycles. The van der Waals surface area contributed by atoms with E-state index in [-0.39, 0.29) is 23.0 Å². The van der Waals surface area contributed by atoms with Crippen LogP contribution in [0.5, 0.6) is 23.0 Å². The van der Waals surface area contributed by atoms with Crippen molar-refractivity contribution in [1.82, 2.24) is 10.9 Å². The van der Waals surface area contributed by atoms with Gasteiger partial charge in [-0.15, -0.1) is 0 Å². The first kappa shape index (κ1) is 20.2. The van der Waals surface area contributed by atoms with Crippen molar-refractivity contribution in [3.05, 3.63) is 47.5 Å². The average Bonchev–Trinajstić information content (AvgIpc) is 2.70. The molecule has 0 spiro atoms. The molecular weight excluding hydrogens is 368 g/mol. The molecule has 0 heterocycles. The van der Waals surface area contributed by atoms with E-state index in [9.17, 15) is 19.8 Å².